The van der Waals surface area contributed by atoms with Gasteiger partial charge in [0.2, 0.25) is 0 Å². The number of nitriles is 1. The molecule has 0 bridgehead atoms. The van der Waals surface area contributed by atoms with Gasteiger partial charge in [-0.3, -0.25) is 4.79 Å². The Balaban J connectivity index is 2.79. The number of hydrogen-bond acceptors (Lipinski definition) is 5. The molecule has 1 rings (SSSR count). The lowest BCUT2D eigenvalue weighted by atomic mass is 10.2. The van der Waals surface area contributed by atoms with Crippen LogP contribution in [-0.4, -0.2) is 29.7 Å². The van der Waals surface area contributed by atoms with Crippen molar-refractivity contribution in [2.45, 2.75) is 13.8 Å². The standard InChI is InChI=1S/C11H14ClN3OS/c1-3-15(6-8(2)5-13)11-14-9(7-17-11)10(16)4-12/h7-8H,3-4,6H2,1-2H3. The highest BCUT2D eigenvalue weighted by Crippen LogP contribution is 2.21. The molecule has 4 nitrogen and oxygen atoms in total. The zero-order chi connectivity index (χ0) is 12.8. The number of rotatable bonds is 6. The maximum Gasteiger partial charge on any atom is 0.196 e. The number of nitrogens with zero attached hydrogens (tertiary/aromatic N) is 3. The molecule has 0 aliphatic carbocycles. The summed E-state index contributed by atoms with van der Waals surface area (Å²) in [6, 6.07) is 2.19. The summed E-state index contributed by atoms with van der Waals surface area (Å²) in [5.41, 5.74) is 0.406. The van der Waals surface area contributed by atoms with E-state index >= 15 is 0 Å². The van der Waals surface area contributed by atoms with Gasteiger partial charge in [0.25, 0.3) is 0 Å². The summed E-state index contributed by atoms with van der Waals surface area (Å²) in [5.74, 6) is -0.284. The van der Waals surface area contributed by atoms with Crippen molar-refractivity contribution in [2.24, 2.45) is 5.92 Å². The minimum absolute atomic E-state index is 0.0517. The molecule has 0 aliphatic heterocycles. The van der Waals surface area contributed by atoms with Gasteiger partial charge >= 0.3 is 0 Å². The highest BCUT2D eigenvalue weighted by atomic mass is 35.5. The van der Waals surface area contributed by atoms with E-state index in [1.54, 1.807) is 5.38 Å². The molecule has 1 heterocycles. The molecule has 1 unspecified atom stereocenters. The third-order valence-electron chi connectivity index (χ3n) is 2.27. The first-order chi connectivity index (χ1) is 8.12. The first kappa shape index (κ1) is 13.9. The predicted octanol–water partition coefficient (Wildman–Crippen LogP) is 2.55. The molecule has 0 aliphatic rings. The monoisotopic (exact) mass is 271 g/mol. The second-order valence-electron chi connectivity index (χ2n) is 3.64. The third kappa shape index (κ3) is 3.69. The Kier molecular flexibility index (Phi) is 5.39. The lowest BCUT2D eigenvalue weighted by molar-refractivity contribution is 0.101. The van der Waals surface area contributed by atoms with Crippen molar-refractivity contribution in [3.63, 3.8) is 0 Å². The van der Waals surface area contributed by atoms with Crippen LogP contribution in [0.5, 0.6) is 0 Å². The fraction of sp³-hybridized carbons (Fsp3) is 0.545. The molecule has 0 saturated heterocycles. The quantitative estimate of drug-likeness (QED) is 0.589. The number of halogens is 1. The van der Waals surface area contributed by atoms with E-state index in [-0.39, 0.29) is 17.6 Å². The molecule has 0 spiro atoms. The average Bonchev–Trinajstić information content (AvgIpc) is 2.83. The van der Waals surface area contributed by atoms with Crippen LogP contribution in [0.15, 0.2) is 5.38 Å². The van der Waals surface area contributed by atoms with E-state index in [2.05, 4.69) is 11.1 Å². The highest BCUT2D eigenvalue weighted by molar-refractivity contribution is 7.14. The molecule has 17 heavy (non-hydrogen) atoms. The number of carbonyl (C=O) groups is 1. The lowest BCUT2D eigenvalue weighted by Gasteiger charge is -2.20. The summed E-state index contributed by atoms with van der Waals surface area (Å²) in [5, 5.41) is 11.3. The van der Waals surface area contributed by atoms with Crippen LogP contribution in [0.1, 0.15) is 24.3 Å². The van der Waals surface area contributed by atoms with Gasteiger partial charge in [-0.25, -0.2) is 4.98 Å². The van der Waals surface area contributed by atoms with Crippen LogP contribution in [0.4, 0.5) is 5.13 Å². The molecule has 0 fully saturated rings. The maximum absolute atomic E-state index is 11.4. The predicted molar refractivity (Wildman–Crippen MR) is 69.8 cm³/mol. The summed E-state index contributed by atoms with van der Waals surface area (Å²) >= 11 is 6.88. The molecule has 1 atom stereocenters. The van der Waals surface area contributed by atoms with Crippen molar-refractivity contribution in [3.8, 4) is 6.07 Å². The second-order valence-corrected chi connectivity index (χ2v) is 4.74. The van der Waals surface area contributed by atoms with Gasteiger partial charge in [-0.2, -0.15) is 5.26 Å². The number of carbonyl (C=O) groups excluding carboxylic acids is 1. The molecule has 0 aromatic carbocycles. The van der Waals surface area contributed by atoms with Crippen LogP contribution in [-0.2, 0) is 0 Å². The topological polar surface area (TPSA) is 57.0 Å². The van der Waals surface area contributed by atoms with Crippen LogP contribution in [0.25, 0.3) is 0 Å². The van der Waals surface area contributed by atoms with E-state index in [9.17, 15) is 4.79 Å². The molecule has 0 saturated carbocycles. The van der Waals surface area contributed by atoms with Crippen molar-refractivity contribution in [3.05, 3.63) is 11.1 Å². The van der Waals surface area contributed by atoms with Gasteiger partial charge in [-0.05, 0) is 13.8 Å². The van der Waals surface area contributed by atoms with Crippen LogP contribution >= 0.6 is 22.9 Å². The van der Waals surface area contributed by atoms with E-state index in [1.165, 1.54) is 11.3 Å². The number of hydrogen-bond donors (Lipinski definition) is 0. The first-order valence-electron chi connectivity index (χ1n) is 5.31. The van der Waals surface area contributed by atoms with Crippen LogP contribution < -0.4 is 4.90 Å². The Morgan fingerprint density at radius 2 is 2.47 bits per heavy atom. The van der Waals surface area contributed by atoms with E-state index in [4.69, 9.17) is 16.9 Å². The van der Waals surface area contributed by atoms with Crippen LogP contribution in [0, 0.1) is 17.2 Å². The van der Waals surface area contributed by atoms with Crippen molar-refractivity contribution >= 4 is 33.9 Å². The molecule has 92 valence electrons. The number of ketones is 1. The zero-order valence-electron chi connectivity index (χ0n) is 9.81. The van der Waals surface area contributed by atoms with Gasteiger partial charge in [0, 0.05) is 18.5 Å². The summed E-state index contributed by atoms with van der Waals surface area (Å²) in [6.45, 7) is 5.23. The summed E-state index contributed by atoms with van der Waals surface area (Å²) in [7, 11) is 0. The molecular weight excluding hydrogens is 258 g/mol. The zero-order valence-corrected chi connectivity index (χ0v) is 11.4. The Morgan fingerprint density at radius 3 is 3.00 bits per heavy atom. The lowest BCUT2D eigenvalue weighted by Crippen LogP contribution is -2.27. The Hall–Kier alpha value is -1.12. The van der Waals surface area contributed by atoms with E-state index in [0.717, 1.165) is 11.7 Å². The maximum atomic E-state index is 11.4. The summed E-state index contributed by atoms with van der Waals surface area (Å²) in [6.07, 6.45) is 0. The van der Waals surface area contributed by atoms with Crippen molar-refractivity contribution < 1.29 is 4.79 Å². The molecule has 0 radical (unpaired) electrons. The van der Waals surface area contributed by atoms with Crippen molar-refractivity contribution in [1.82, 2.24) is 4.98 Å². The second kappa shape index (κ2) is 6.58. The molecule has 1 aromatic heterocycles. The smallest absolute Gasteiger partial charge is 0.196 e. The van der Waals surface area contributed by atoms with Crippen molar-refractivity contribution in [2.75, 3.05) is 23.9 Å². The van der Waals surface area contributed by atoms with E-state index in [1.807, 2.05) is 18.7 Å². The van der Waals surface area contributed by atoms with Crippen LogP contribution in [0.3, 0.4) is 0 Å². The van der Waals surface area contributed by atoms with Gasteiger partial charge in [0.05, 0.1) is 17.9 Å². The van der Waals surface area contributed by atoms with Crippen molar-refractivity contribution in [1.29, 1.82) is 5.26 Å². The molecular formula is C11H14ClN3OS. The molecule has 0 amide bonds. The van der Waals surface area contributed by atoms with Gasteiger partial charge in [-0.15, -0.1) is 22.9 Å². The first-order valence-corrected chi connectivity index (χ1v) is 6.73. The summed E-state index contributed by atoms with van der Waals surface area (Å²) < 4.78 is 0. The average molecular weight is 272 g/mol. The third-order valence-corrected chi connectivity index (χ3v) is 3.41. The number of alkyl halides is 1. The summed E-state index contributed by atoms with van der Waals surface area (Å²) in [4.78, 5) is 17.6. The van der Waals surface area contributed by atoms with Gasteiger partial charge in [0.1, 0.15) is 5.69 Å². The van der Waals surface area contributed by atoms with Gasteiger partial charge < -0.3 is 4.90 Å². The number of anilines is 1. The largest absolute Gasteiger partial charge is 0.347 e. The minimum atomic E-state index is -0.168. The fourth-order valence-corrected chi connectivity index (χ4v) is 2.36. The van der Waals surface area contributed by atoms with Crippen LogP contribution in [0.2, 0.25) is 0 Å². The molecule has 6 heteroatoms. The number of aromatic nitrogens is 1. The Bertz CT molecular complexity index is 427. The number of thiazole rings is 1. The SMILES string of the molecule is CCN(CC(C)C#N)c1nc(C(=O)CCl)cs1. The molecule has 1 aromatic rings. The normalized spacial score (nSPS) is 11.9. The molecule has 0 N–H and O–H groups in total. The van der Waals surface area contributed by atoms with E-state index in [0.29, 0.717) is 12.2 Å². The minimum Gasteiger partial charge on any atom is -0.347 e. The van der Waals surface area contributed by atoms with Gasteiger partial charge in [0.15, 0.2) is 10.9 Å². The number of Topliss-reactive ketones (excluding diaryl/α,β-unsaturated/α-hetero) is 1. The van der Waals surface area contributed by atoms with E-state index < -0.39 is 0 Å². The fourth-order valence-electron chi connectivity index (χ4n) is 1.32. The highest BCUT2D eigenvalue weighted by Gasteiger charge is 2.15. The van der Waals surface area contributed by atoms with Gasteiger partial charge in [-0.1, -0.05) is 0 Å². The Labute approximate surface area is 110 Å². The Morgan fingerprint density at radius 1 is 1.76 bits per heavy atom.